The fourth-order valence-corrected chi connectivity index (χ4v) is 4.47. The van der Waals surface area contributed by atoms with Crippen LogP contribution in [0.5, 0.6) is 0 Å². The Bertz CT molecular complexity index is 1550. The number of alkyl halides is 3. The van der Waals surface area contributed by atoms with E-state index in [1.807, 2.05) is 11.8 Å². The standard InChI is InChI=1S/C26H24F3N7O4/c1-2-4-20-31-23(21-22(33-40-24(21)32-20)16-5-3-6-17(15-16)26(27,28)29)34-11-13-35(14-12-34)25(37)30-18-7-9-19(10-8-18)36(38)39/h3,5-10,15H,2,4,11-14H2,1H3,(H,30,37). The molecule has 2 aromatic heterocycles. The van der Waals surface area contributed by atoms with Crippen LogP contribution >= 0.6 is 0 Å². The molecule has 11 nitrogen and oxygen atoms in total. The second kappa shape index (κ2) is 10.8. The molecule has 0 saturated carbocycles. The van der Waals surface area contributed by atoms with E-state index >= 15 is 0 Å². The number of urea groups is 1. The van der Waals surface area contributed by atoms with Gasteiger partial charge in [-0.3, -0.25) is 10.1 Å². The first-order chi connectivity index (χ1) is 19.1. The van der Waals surface area contributed by atoms with E-state index in [4.69, 9.17) is 9.51 Å². The van der Waals surface area contributed by atoms with Crippen molar-refractivity contribution in [3.05, 3.63) is 70.0 Å². The van der Waals surface area contributed by atoms with Crippen molar-refractivity contribution in [1.82, 2.24) is 20.0 Å². The zero-order chi connectivity index (χ0) is 28.4. The van der Waals surface area contributed by atoms with Crippen LogP contribution in [-0.4, -0.2) is 57.2 Å². The van der Waals surface area contributed by atoms with Gasteiger partial charge in [0.15, 0.2) is 0 Å². The van der Waals surface area contributed by atoms with Crippen LogP contribution in [0.4, 0.5) is 35.2 Å². The summed E-state index contributed by atoms with van der Waals surface area (Å²) in [6, 6.07) is 10.0. The third kappa shape index (κ3) is 5.51. The number of benzene rings is 2. The number of carbonyl (C=O) groups excluding carboxylic acids is 1. The van der Waals surface area contributed by atoms with Crippen molar-refractivity contribution in [2.24, 2.45) is 0 Å². The molecule has 1 fully saturated rings. The first kappa shape index (κ1) is 26.8. The van der Waals surface area contributed by atoms with Crippen molar-refractivity contribution in [3.8, 4) is 11.3 Å². The molecule has 1 aliphatic heterocycles. The number of amides is 2. The van der Waals surface area contributed by atoms with E-state index < -0.39 is 16.7 Å². The molecule has 1 saturated heterocycles. The SMILES string of the molecule is CCCc1nc(N2CCN(C(=O)Nc3ccc([N+](=O)[O-])cc3)CC2)c2c(-c3cccc(C(F)(F)F)c3)noc2n1. The van der Waals surface area contributed by atoms with Gasteiger partial charge in [-0.1, -0.05) is 24.2 Å². The largest absolute Gasteiger partial charge is 0.416 e. The van der Waals surface area contributed by atoms with Gasteiger partial charge in [-0.15, -0.1) is 0 Å². The highest BCUT2D eigenvalue weighted by molar-refractivity contribution is 5.98. The molecule has 4 aromatic rings. The van der Waals surface area contributed by atoms with Gasteiger partial charge in [0, 0.05) is 56.0 Å². The van der Waals surface area contributed by atoms with E-state index in [-0.39, 0.29) is 28.7 Å². The van der Waals surface area contributed by atoms with Gasteiger partial charge in [0.25, 0.3) is 11.4 Å². The Morgan fingerprint density at radius 3 is 2.48 bits per heavy atom. The number of carbonyl (C=O) groups is 1. The number of aryl methyl sites for hydroxylation is 1. The summed E-state index contributed by atoms with van der Waals surface area (Å²) in [5.41, 5.74) is 0.150. The number of non-ortho nitro benzene ring substituents is 1. The Hall–Kier alpha value is -4.75. The number of aromatic nitrogens is 3. The van der Waals surface area contributed by atoms with Gasteiger partial charge in [-0.2, -0.15) is 18.2 Å². The van der Waals surface area contributed by atoms with Gasteiger partial charge in [0.05, 0.1) is 10.5 Å². The highest BCUT2D eigenvalue weighted by Crippen LogP contribution is 2.37. The van der Waals surface area contributed by atoms with E-state index in [2.05, 4.69) is 15.5 Å². The van der Waals surface area contributed by atoms with Gasteiger partial charge in [-0.25, -0.2) is 9.78 Å². The van der Waals surface area contributed by atoms with E-state index in [0.29, 0.717) is 55.3 Å². The van der Waals surface area contributed by atoms with Crippen molar-refractivity contribution in [2.45, 2.75) is 25.9 Å². The second-order valence-corrected chi connectivity index (χ2v) is 9.21. The number of nitro benzene ring substituents is 1. The molecule has 3 heterocycles. The van der Waals surface area contributed by atoms with Gasteiger partial charge in [0.2, 0.25) is 0 Å². The number of piperazine rings is 1. The molecule has 1 aliphatic rings. The molecule has 0 bridgehead atoms. The Balaban J connectivity index is 1.39. The molecule has 0 atom stereocenters. The van der Waals surface area contributed by atoms with E-state index in [1.54, 1.807) is 4.90 Å². The molecule has 0 unspecified atom stereocenters. The summed E-state index contributed by atoms with van der Waals surface area (Å²) in [5, 5.41) is 18.1. The van der Waals surface area contributed by atoms with Crippen LogP contribution in [0.25, 0.3) is 22.4 Å². The highest BCUT2D eigenvalue weighted by atomic mass is 19.4. The van der Waals surface area contributed by atoms with Crippen LogP contribution in [0, 0.1) is 10.1 Å². The molecule has 5 rings (SSSR count). The number of nitrogens with one attached hydrogen (secondary N) is 1. The molecular weight excluding hydrogens is 531 g/mol. The summed E-state index contributed by atoms with van der Waals surface area (Å²) in [7, 11) is 0. The van der Waals surface area contributed by atoms with Crippen LogP contribution in [0.1, 0.15) is 24.7 Å². The molecule has 0 radical (unpaired) electrons. The van der Waals surface area contributed by atoms with E-state index in [9.17, 15) is 28.1 Å². The summed E-state index contributed by atoms with van der Waals surface area (Å²) >= 11 is 0. The monoisotopic (exact) mass is 555 g/mol. The minimum absolute atomic E-state index is 0.0801. The Morgan fingerprint density at radius 1 is 1.10 bits per heavy atom. The Labute approximate surface area is 225 Å². The molecular formula is C26H24F3N7O4. The number of anilines is 2. The minimum atomic E-state index is -4.52. The van der Waals surface area contributed by atoms with Crippen LogP contribution in [0.15, 0.2) is 53.1 Å². The van der Waals surface area contributed by atoms with Crippen molar-refractivity contribution < 1.29 is 27.4 Å². The zero-order valence-electron chi connectivity index (χ0n) is 21.3. The van der Waals surface area contributed by atoms with Crippen molar-refractivity contribution in [2.75, 3.05) is 36.4 Å². The maximum atomic E-state index is 13.4. The summed E-state index contributed by atoms with van der Waals surface area (Å²) in [6.07, 6.45) is -3.18. The number of rotatable bonds is 6. The third-order valence-corrected chi connectivity index (χ3v) is 6.50. The predicted molar refractivity (Wildman–Crippen MR) is 140 cm³/mol. The normalized spacial score (nSPS) is 14.0. The topological polar surface area (TPSA) is 131 Å². The molecule has 0 aliphatic carbocycles. The maximum absolute atomic E-state index is 13.4. The van der Waals surface area contributed by atoms with Gasteiger partial charge < -0.3 is 19.6 Å². The van der Waals surface area contributed by atoms with Gasteiger partial charge >= 0.3 is 12.2 Å². The first-order valence-corrected chi connectivity index (χ1v) is 12.5. The lowest BCUT2D eigenvalue weighted by atomic mass is 10.1. The predicted octanol–water partition coefficient (Wildman–Crippen LogP) is 5.52. The third-order valence-electron chi connectivity index (χ3n) is 6.50. The smallest absolute Gasteiger partial charge is 0.352 e. The van der Waals surface area contributed by atoms with Crippen molar-refractivity contribution in [1.29, 1.82) is 0 Å². The zero-order valence-corrected chi connectivity index (χ0v) is 21.3. The van der Waals surface area contributed by atoms with Crippen molar-refractivity contribution >= 4 is 34.3 Å². The number of halogens is 3. The molecule has 40 heavy (non-hydrogen) atoms. The number of hydrogen-bond acceptors (Lipinski definition) is 8. The lowest BCUT2D eigenvalue weighted by molar-refractivity contribution is -0.384. The molecule has 208 valence electrons. The molecule has 1 N–H and O–H groups in total. The van der Waals surface area contributed by atoms with Crippen LogP contribution < -0.4 is 10.2 Å². The number of nitrogens with zero attached hydrogens (tertiary/aromatic N) is 6. The Kier molecular flexibility index (Phi) is 7.24. The fraction of sp³-hybridized carbons (Fsp3) is 0.308. The molecule has 2 aromatic carbocycles. The highest BCUT2D eigenvalue weighted by Gasteiger charge is 2.32. The summed E-state index contributed by atoms with van der Waals surface area (Å²) in [4.78, 5) is 35.8. The van der Waals surface area contributed by atoms with E-state index in [0.717, 1.165) is 18.6 Å². The average molecular weight is 556 g/mol. The maximum Gasteiger partial charge on any atom is 0.416 e. The molecule has 2 amide bonds. The fourth-order valence-electron chi connectivity index (χ4n) is 4.47. The summed E-state index contributed by atoms with van der Waals surface area (Å²) in [5.74, 6) is 1.01. The van der Waals surface area contributed by atoms with Gasteiger partial charge in [0.1, 0.15) is 22.7 Å². The lowest BCUT2D eigenvalue weighted by Crippen LogP contribution is -2.50. The van der Waals surface area contributed by atoms with Crippen LogP contribution in [0.2, 0.25) is 0 Å². The van der Waals surface area contributed by atoms with Crippen LogP contribution in [-0.2, 0) is 12.6 Å². The number of hydrogen-bond donors (Lipinski definition) is 1. The lowest BCUT2D eigenvalue weighted by Gasteiger charge is -2.35. The Morgan fingerprint density at radius 2 is 1.82 bits per heavy atom. The number of nitro groups is 1. The quantitative estimate of drug-likeness (QED) is 0.243. The minimum Gasteiger partial charge on any atom is -0.352 e. The molecule has 14 heteroatoms. The second-order valence-electron chi connectivity index (χ2n) is 9.21. The average Bonchev–Trinajstić information content (AvgIpc) is 3.37. The van der Waals surface area contributed by atoms with Crippen molar-refractivity contribution in [3.63, 3.8) is 0 Å². The summed E-state index contributed by atoms with van der Waals surface area (Å²) in [6.45, 7) is 3.41. The van der Waals surface area contributed by atoms with Gasteiger partial charge in [-0.05, 0) is 30.7 Å². The van der Waals surface area contributed by atoms with E-state index in [1.165, 1.54) is 36.4 Å². The number of fused-ring (bicyclic) bond motifs is 1. The van der Waals surface area contributed by atoms with Crippen LogP contribution in [0.3, 0.4) is 0 Å². The molecule has 0 spiro atoms. The first-order valence-electron chi connectivity index (χ1n) is 12.5. The summed E-state index contributed by atoms with van der Waals surface area (Å²) < 4.78 is 45.6.